The van der Waals surface area contributed by atoms with Crippen LogP contribution in [0, 0.1) is 0 Å². The van der Waals surface area contributed by atoms with Crippen molar-refractivity contribution in [2.24, 2.45) is 0 Å². The van der Waals surface area contributed by atoms with E-state index in [0.717, 1.165) is 16.2 Å². The fraction of sp³-hybridized carbons (Fsp3) is 0.235. The summed E-state index contributed by atoms with van der Waals surface area (Å²) in [4.78, 5) is 11.4. The van der Waals surface area contributed by atoms with Gasteiger partial charge in [0, 0.05) is 16.8 Å². The number of hydrogen-bond donors (Lipinski definition) is 2. The minimum atomic E-state index is -3.79. The van der Waals surface area contributed by atoms with E-state index in [2.05, 4.69) is 21.2 Å². The summed E-state index contributed by atoms with van der Waals surface area (Å²) in [6, 6.07) is 12.1. The Morgan fingerprint density at radius 1 is 1.12 bits per heavy atom. The van der Waals surface area contributed by atoms with Crippen molar-refractivity contribution in [1.29, 1.82) is 0 Å². The second-order valence-corrected chi connectivity index (χ2v) is 10.1. The van der Waals surface area contributed by atoms with Crippen LogP contribution in [0.1, 0.15) is 0 Å². The molecule has 0 amide bonds. The van der Waals surface area contributed by atoms with Gasteiger partial charge in [-0.1, -0.05) is 15.9 Å². The molecular formula is C17H16BrNO5S2. The average Bonchev–Trinajstić information content (AvgIpc) is 2.64. The second kappa shape index (κ2) is 7.99. The summed E-state index contributed by atoms with van der Waals surface area (Å²) in [6.07, 6.45) is 0. The third-order valence-corrected chi connectivity index (χ3v) is 8.34. The third-order valence-electron chi connectivity index (χ3n) is 3.79. The lowest BCUT2D eigenvalue weighted by Gasteiger charge is -2.28. The molecule has 0 saturated carbocycles. The summed E-state index contributed by atoms with van der Waals surface area (Å²) in [5.41, 5.74) is 0. The van der Waals surface area contributed by atoms with Gasteiger partial charge in [0.1, 0.15) is 22.1 Å². The van der Waals surface area contributed by atoms with Gasteiger partial charge in [-0.25, -0.2) is 8.42 Å². The highest BCUT2D eigenvalue weighted by atomic mass is 79.9. The van der Waals surface area contributed by atoms with Crippen LogP contribution < -0.4 is 10.1 Å². The summed E-state index contributed by atoms with van der Waals surface area (Å²) in [7, 11) is -3.79. The van der Waals surface area contributed by atoms with Gasteiger partial charge >= 0.3 is 5.97 Å². The van der Waals surface area contributed by atoms with E-state index in [4.69, 9.17) is 4.74 Å². The van der Waals surface area contributed by atoms with Gasteiger partial charge in [0.05, 0.1) is 4.90 Å². The Bertz CT molecular complexity index is 884. The van der Waals surface area contributed by atoms with Crippen molar-refractivity contribution in [3.8, 4) is 11.5 Å². The lowest BCUT2D eigenvalue weighted by Crippen LogP contribution is -2.52. The highest BCUT2D eigenvalue weighted by molar-refractivity contribution is 9.10. The van der Waals surface area contributed by atoms with Crippen molar-refractivity contribution in [3.05, 3.63) is 53.0 Å². The molecule has 1 fully saturated rings. The van der Waals surface area contributed by atoms with Crippen LogP contribution in [0.2, 0.25) is 0 Å². The number of thioether (sulfide) groups is 1. The lowest BCUT2D eigenvalue weighted by molar-refractivity contribution is -0.139. The van der Waals surface area contributed by atoms with Crippen molar-refractivity contribution in [2.75, 3.05) is 12.3 Å². The minimum Gasteiger partial charge on any atom is -0.480 e. The van der Waals surface area contributed by atoms with Gasteiger partial charge in [-0.3, -0.25) is 4.79 Å². The standard InChI is InChI=1S/C17H16BrNO5S2/c18-11-1-3-12(4-2-11)24-13-5-7-14(8-6-13)26(22,23)17-15(16(20)21)19-9-10-25-17/h1-8,15,17,19H,9-10H2,(H,20,21). The van der Waals surface area contributed by atoms with E-state index in [9.17, 15) is 18.3 Å². The molecule has 0 bridgehead atoms. The predicted octanol–water partition coefficient (Wildman–Crippen LogP) is 3.13. The number of ether oxygens (including phenoxy) is 1. The topological polar surface area (TPSA) is 92.7 Å². The van der Waals surface area contributed by atoms with Crippen molar-refractivity contribution in [2.45, 2.75) is 15.5 Å². The van der Waals surface area contributed by atoms with E-state index >= 15 is 0 Å². The number of carboxylic acids is 1. The van der Waals surface area contributed by atoms with E-state index in [1.807, 2.05) is 12.1 Å². The molecule has 0 aromatic heterocycles. The highest BCUT2D eigenvalue weighted by Gasteiger charge is 2.41. The molecule has 9 heteroatoms. The Labute approximate surface area is 164 Å². The third kappa shape index (κ3) is 4.22. The SMILES string of the molecule is O=C(O)C1NCCSC1S(=O)(=O)c1ccc(Oc2ccc(Br)cc2)cc1. The van der Waals surface area contributed by atoms with Crippen LogP contribution in [0.15, 0.2) is 57.9 Å². The van der Waals surface area contributed by atoms with E-state index in [1.165, 1.54) is 12.1 Å². The maximum atomic E-state index is 12.8. The molecule has 26 heavy (non-hydrogen) atoms. The number of halogens is 1. The Morgan fingerprint density at radius 2 is 1.69 bits per heavy atom. The zero-order valence-corrected chi connectivity index (χ0v) is 16.7. The monoisotopic (exact) mass is 457 g/mol. The smallest absolute Gasteiger partial charge is 0.322 e. The van der Waals surface area contributed by atoms with Crippen LogP contribution in [0.25, 0.3) is 0 Å². The van der Waals surface area contributed by atoms with Crippen molar-refractivity contribution in [1.82, 2.24) is 5.32 Å². The van der Waals surface area contributed by atoms with Crippen LogP contribution in [-0.4, -0.2) is 42.4 Å². The number of carbonyl (C=O) groups is 1. The maximum Gasteiger partial charge on any atom is 0.322 e. The Kier molecular flexibility index (Phi) is 5.91. The molecule has 1 aliphatic rings. The highest BCUT2D eigenvalue weighted by Crippen LogP contribution is 2.31. The zero-order valence-electron chi connectivity index (χ0n) is 13.5. The Morgan fingerprint density at radius 3 is 2.27 bits per heavy atom. The van der Waals surface area contributed by atoms with Crippen LogP contribution in [0.4, 0.5) is 0 Å². The number of hydrogen-bond acceptors (Lipinski definition) is 6. The molecule has 138 valence electrons. The van der Waals surface area contributed by atoms with Gasteiger partial charge in [-0.15, -0.1) is 11.8 Å². The first kappa shape index (κ1) is 19.2. The molecule has 0 radical (unpaired) electrons. The molecule has 1 heterocycles. The van der Waals surface area contributed by atoms with Crippen LogP contribution >= 0.6 is 27.7 Å². The van der Waals surface area contributed by atoms with E-state index in [0.29, 0.717) is 23.8 Å². The van der Waals surface area contributed by atoms with E-state index in [1.54, 1.807) is 24.3 Å². The summed E-state index contributed by atoms with van der Waals surface area (Å²) < 4.78 is 31.2. The number of benzene rings is 2. The van der Waals surface area contributed by atoms with Gasteiger partial charge in [0.25, 0.3) is 0 Å². The molecular weight excluding hydrogens is 442 g/mol. The molecule has 0 spiro atoms. The summed E-state index contributed by atoms with van der Waals surface area (Å²) in [5.74, 6) is 0.497. The van der Waals surface area contributed by atoms with E-state index < -0.39 is 26.4 Å². The van der Waals surface area contributed by atoms with Crippen LogP contribution in [-0.2, 0) is 14.6 Å². The first-order valence-corrected chi connectivity index (χ1v) is 11.1. The number of sulfone groups is 1. The lowest BCUT2D eigenvalue weighted by atomic mass is 10.3. The molecule has 1 aliphatic heterocycles. The maximum absolute atomic E-state index is 12.8. The molecule has 0 aliphatic carbocycles. The average molecular weight is 458 g/mol. The van der Waals surface area contributed by atoms with Gasteiger partial charge in [0.2, 0.25) is 0 Å². The molecule has 3 rings (SSSR count). The van der Waals surface area contributed by atoms with Gasteiger partial charge in [0.15, 0.2) is 9.84 Å². The summed E-state index contributed by atoms with van der Waals surface area (Å²) in [6.45, 7) is 0.466. The van der Waals surface area contributed by atoms with E-state index in [-0.39, 0.29) is 4.90 Å². The number of nitrogens with one attached hydrogen (secondary N) is 1. The molecule has 2 aromatic rings. The van der Waals surface area contributed by atoms with Crippen molar-refractivity contribution in [3.63, 3.8) is 0 Å². The fourth-order valence-electron chi connectivity index (χ4n) is 2.52. The minimum absolute atomic E-state index is 0.0770. The summed E-state index contributed by atoms with van der Waals surface area (Å²) in [5, 5.41) is 12.0. The molecule has 1 saturated heterocycles. The Balaban J connectivity index is 1.80. The number of aliphatic carboxylic acids is 1. The first-order valence-electron chi connectivity index (χ1n) is 7.73. The molecule has 2 atom stereocenters. The van der Waals surface area contributed by atoms with Gasteiger partial charge in [-0.2, -0.15) is 0 Å². The molecule has 2 unspecified atom stereocenters. The molecule has 2 N–H and O–H groups in total. The fourth-order valence-corrected chi connectivity index (χ4v) is 6.36. The van der Waals surface area contributed by atoms with Gasteiger partial charge in [-0.05, 0) is 48.5 Å². The first-order chi connectivity index (χ1) is 12.4. The van der Waals surface area contributed by atoms with Crippen molar-refractivity contribution >= 4 is 43.5 Å². The van der Waals surface area contributed by atoms with Gasteiger partial charge < -0.3 is 15.2 Å². The zero-order chi connectivity index (χ0) is 18.7. The molecule has 2 aromatic carbocycles. The normalized spacial score (nSPS) is 20.5. The number of carboxylic acid groups (broad SMARTS) is 1. The van der Waals surface area contributed by atoms with Crippen molar-refractivity contribution < 1.29 is 23.1 Å². The van der Waals surface area contributed by atoms with Crippen LogP contribution in [0.5, 0.6) is 11.5 Å². The largest absolute Gasteiger partial charge is 0.480 e. The van der Waals surface area contributed by atoms with Crippen LogP contribution in [0.3, 0.4) is 0 Å². The predicted molar refractivity (Wildman–Crippen MR) is 104 cm³/mol. The number of rotatable bonds is 5. The quantitative estimate of drug-likeness (QED) is 0.711. The Hall–Kier alpha value is -1.55. The molecule has 6 nitrogen and oxygen atoms in total. The second-order valence-electron chi connectivity index (χ2n) is 5.58. The summed E-state index contributed by atoms with van der Waals surface area (Å²) >= 11 is 4.49.